The van der Waals surface area contributed by atoms with Gasteiger partial charge in [0.15, 0.2) is 0 Å². The Bertz CT molecular complexity index is 545. The summed E-state index contributed by atoms with van der Waals surface area (Å²) in [6, 6.07) is 5.10. The van der Waals surface area contributed by atoms with Gasteiger partial charge < -0.3 is 4.74 Å². The highest BCUT2D eigenvalue weighted by atomic mass is 79.9. The number of non-ortho nitro benzene ring substituents is 1. The monoisotopic (exact) mass is 418 g/mol. The van der Waals surface area contributed by atoms with Crippen molar-refractivity contribution in [3.63, 3.8) is 0 Å². The SMILES string of the molecule is CC(C)(C#N)CCCCOc1c(Br)cc([N+](=O)[O-])cc1Br. The molecule has 1 aromatic rings. The fourth-order valence-corrected chi connectivity index (χ4v) is 3.08. The van der Waals surface area contributed by atoms with Crippen LogP contribution in [0, 0.1) is 26.9 Å². The first kappa shape index (κ1) is 17.9. The van der Waals surface area contributed by atoms with Crippen molar-refractivity contribution in [3.05, 3.63) is 31.2 Å². The summed E-state index contributed by atoms with van der Waals surface area (Å²) in [6.07, 6.45) is 2.53. The van der Waals surface area contributed by atoms with E-state index in [1.165, 1.54) is 12.1 Å². The first-order valence-corrected chi connectivity index (χ1v) is 8.03. The number of nitro groups is 1. The number of hydrogen-bond donors (Lipinski definition) is 0. The van der Waals surface area contributed by atoms with Gasteiger partial charge in [0.05, 0.1) is 32.0 Å². The van der Waals surface area contributed by atoms with Gasteiger partial charge in [0.2, 0.25) is 0 Å². The van der Waals surface area contributed by atoms with Crippen LogP contribution < -0.4 is 4.74 Å². The third-order valence-corrected chi connectivity index (χ3v) is 4.12. The van der Waals surface area contributed by atoms with Gasteiger partial charge >= 0.3 is 0 Å². The van der Waals surface area contributed by atoms with E-state index in [1.807, 2.05) is 13.8 Å². The molecule has 0 aliphatic rings. The van der Waals surface area contributed by atoms with Gasteiger partial charge in [-0.05, 0) is 65.0 Å². The average molecular weight is 420 g/mol. The van der Waals surface area contributed by atoms with Crippen molar-refractivity contribution >= 4 is 37.5 Å². The highest BCUT2D eigenvalue weighted by Gasteiger charge is 2.17. The highest BCUT2D eigenvalue weighted by molar-refractivity contribution is 9.11. The molecular weight excluding hydrogens is 404 g/mol. The second-order valence-corrected chi connectivity index (χ2v) is 7.01. The van der Waals surface area contributed by atoms with Crippen LogP contribution in [0.4, 0.5) is 5.69 Å². The van der Waals surface area contributed by atoms with Crippen LogP contribution in [-0.4, -0.2) is 11.5 Å². The first-order chi connectivity index (χ1) is 9.76. The van der Waals surface area contributed by atoms with Crippen LogP contribution in [-0.2, 0) is 0 Å². The molecule has 0 aliphatic heterocycles. The Kier molecular flexibility index (Phi) is 6.62. The van der Waals surface area contributed by atoms with Crippen molar-refractivity contribution in [2.45, 2.75) is 33.1 Å². The smallest absolute Gasteiger partial charge is 0.271 e. The molecule has 21 heavy (non-hydrogen) atoms. The Labute approximate surface area is 140 Å². The van der Waals surface area contributed by atoms with Crippen molar-refractivity contribution in [2.75, 3.05) is 6.61 Å². The normalized spacial score (nSPS) is 11.0. The predicted molar refractivity (Wildman–Crippen MR) is 87.2 cm³/mol. The number of halogens is 2. The summed E-state index contributed by atoms with van der Waals surface area (Å²) in [4.78, 5) is 10.3. The van der Waals surface area contributed by atoms with Crippen LogP contribution in [0.1, 0.15) is 33.1 Å². The Hall–Kier alpha value is -1.13. The molecule has 0 amide bonds. The molecule has 0 N–H and O–H groups in total. The van der Waals surface area contributed by atoms with Crippen LogP contribution in [0.15, 0.2) is 21.1 Å². The number of nitriles is 1. The van der Waals surface area contributed by atoms with E-state index in [4.69, 9.17) is 10.00 Å². The molecular formula is C14H16Br2N2O3. The van der Waals surface area contributed by atoms with Crippen molar-refractivity contribution in [3.8, 4) is 11.8 Å². The molecule has 0 aromatic heterocycles. The number of rotatable bonds is 7. The molecule has 7 heteroatoms. The summed E-state index contributed by atoms with van der Waals surface area (Å²) in [6.45, 7) is 4.32. The van der Waals surface area contributed by atoms with E-state index in [0.717, 1.165) is 19.3 Å². The molecule has 0 radical (unpaired) electrons. The van der Waals surface area contributed by atoms with E-state index >= 15 is 0 Å². The number of unbranched alkanes of at least 4 members (excludes halogenated alkanes) is 1. The minimum atomic E-state index is -0.455. The topological polar surface area (TPSA) is 76.2 Å². The summed E-state index contributed by atoms with van der Waals surface area (Å²) < 4.78 is 6.74. The predicted octanol–water partition coefficient (Wildman–Crippen LogP) is 5.22. The number of benzene rings is 1. The van der Waals surface area contributed by atoms with E-state index in [0.29, 0.717) is 21.3 Å². The zero-order valence-corrected chi connectivity index (χ0v) is 15.0. The van der Waals surface area contributed by atoms with Gasteiger partial charge in [0.25, 0.3) is 5.69 Å². The van der Waals surface area contributed by atoms with E-state index in [9.17, 15) is 10.1 Å². The van der Waals surface area contributed by atoms with Crippen LogP contribution in [0.3, 0.4) is 0 Å². The maximum absolute atomic E-state index is 10.7. The largest absolute Gasteiger partial charge is 0.491 e. The molecule has 1 aromatic carbocycles. The first-order valence-electron chi connectivity index (χ1n) is 6.44. The molecule has 0 saturated carbocycles. The fourth-order valence-electron chi connectivity index (χ4n) is 1.69. The highest BCUT2D eigenvalue weighted by Crippen LogP contribution is 2.37. The molecule has 0 spiro atoms. The minimum Gasteiger partial charge on any atom is -0.491 e. The van der Waals surface area contributed by atoms with Gasteiger partial charge in [-0.1, -0.05) is 0 Å². The summed E-state index contributed by atoms with van der Waals surface area (Å²) in [7, 11) is 0. The van der Waals surface area contributed by atoms with Crippen LogP contribution in [0.2, 0.25) is 0 Å². The maximum atomic E-state index is 10.7. The number of hydrogen-bond acceptors (Lipinski definition) is 4. The van der Waals surface area contributed by atoms with Gasteiger partial charge in [-0.25, -0.2) is 0 Å². The van der Waals surface area contributed by atoms with Gasteiger partial charge in [0.1, 0.15) is 5.75 Å². The van der Waals surface area contributed by atoms with E-state index in [1.54, 1.807) is 0 Å². The van der Waals surface area contributed by atoms with Crippen LogP contribution in [0.5, 0.6) is 5.75 Å². The summed E-state index contributed by atoms with van der Waals surface area (Å²) >= 11 is 6.55. The zero-order chi connectivity index (χ0) is 16.0. The van der Waals surface area contributed by atoms with E-state index in [-0.39, 0.29) is 11.1 Å². The summed E-state index contributed by atoms with van der Waals surface area (Å²) in [5, 5.41) is 19.7. The Morgan fingerprint density at radius 3 is 2.38 bits per heavy atom. The summed E-state index contributed by atoms with van der Waals surface area (Å²) in [5.41, 5.74) is -0.314. The van der Waals surface area contributed by atoms with Crippen molar-refractivity contribution < 1.29 is 9.66 Å². The van der Waals surface area contributed by atoms with Crippen molar-refractivity contribution in [2.24, 2.45) is 5.41 Å². The molecule has 0 unspecified atom stereocenters. The van der Waals surface area contributed by atoms with Crippen molar-refractivity contribution in [1.82, 2.24) is 0 Å². The van der Waals surface area contributed by atoms with Gasteiger partial charge in [-0.3, -0.25) is 10.1 Å². The molecule has 0 atom stereocenters. The quantitative estimate of drug-likeness (QED) is 0.345. The Balaban J connectivity index is 2.54. The Morgan fingerprint density at radius 1 is 1.33 bits per heavy atom. The lowest BCUT2D eigenvalue weighted by molar-refractivity contribution is -0.385. The third kappa shape index (κ3) is 5.64. The maximum Gasteiger partial charge on any atom is 0.271 e. The lowest BCUT2D eigenvalue weighted by atomic mass is 9.89. The molecule has 114 valence electrons. The van der Waals surface area contributed by atoms with Gasteiger partial charge in [-0.15, -0.1) is 0 Å². The molecule has 0 fully saturated rings. The van der Waals surface area contributed by atoms with E-state index < -0.39 is 4.92 Å². The van der Waals surface area contributed by atoms with Crippen LogP contribution >= 0.6 is 31.9 Å². The number of nitrogens with zero attached hydrogens (tertiary/aromatic N) is 2. The molecule has 0 bridgehead atoms. The lowest BCUT2D eigenvalue weighted by Crippen LogP contribution is -2.08. The summed E-state index contributed by atoms with van der Waals surface area (Å²) in [5.74, 6) is 0.556. The van der Waals surface area contributed by atoms with Gasteiger partial charge in [0, 0.05) is 12.1 Å². The zero-order valence-electron chi connectivity index (χ0n) is 11.9. The molecule has 0 heterocycles. The lowest BCUT2D eigenvalue weighted by Gasteiger charge is -2.15. The van der Waals surface area contributed by atoms with E-state index in [2.05, 4.69) is 37.9 Å². The van der Waals surface area contributed by atoms with Crippen molar-refractivity contribution in [1.29, 1.82) is 5.26 Å². The van der Waals surface area contributed by atoms with Gasteiger partial charge in [-0.2, -0.15) is 5.26 Å². The number of nitro benzene ring substituents is 1. The fraction of sp³-hybridized carbons (Fsp3) is 0.500. The minimum absolute atomic E-state index is 0.00290. The van der Waals surface area contributed by atoms with Crippen LogP contribution in [0.25, 0.3) is 0 Å². The number of ether oxygens (including phenoxy) is 1. The second kappa shape index (κ2) is 7.76. The molecule has 1 rings (SSSR count). The second-order valence-electron chi connectivity index (χ2n) is 5.30. The third-order valence-electron chi connectivity index (χ3n) is 2.94. The molecule has 0 aliphatic carbocycles. The average Bonchev–Trinajstić information content (AvgIpc) is 2.40. The Morgan fingerprint density at radius 2 is 1.90 bits per heavy atom. The molecule has 0 saturated heterocycles. The molecule has 5 nitrogen and oxygen atoms in total. The standard InChI is InChI=1S/C14H16Br2N2O3/c1-14(2,9-17)5-3-4-6-21-13-11(15)7-10(18(19)20)8-12(13)16/h7-8H,3-6H2,1-2H3.